The van der Waals surface area contributed by atoms with Gasteiger partial charge >= 0.3 is 0 Å². The molecule has 50 valence electrons. The summed E-state index contributed by atoms with van der Waals surface area (Å²) >= 11 is 0. The van der Waals surface area contributed by atoms with Crippen LogP contribution in [0.3, 0.4) is 0 Å². The molecule has 2 aliphatic rings. The second-order valence-corrected chi connectivity index (χ2v) is 3.39. The number of rotatable bonds is 0. The average molecular weight is 122 g/mol. The summed E-state index contributed by atoms with van der Waals surface area (Å²) in [6.07, 6.45) is 12.0. The predicted octanol–water partition coefficient (Wildman–Crippen LogP) is 2.75. The summed E-state index contributed by atoms with van der Waals surface area (Å²) < 4.78 is 0. The van der Waals surface area contributed by atoms with E-state index in [1.807, 2.05) is 0 Å². The first-order valence-electron chi connectivity index (χ1n) is 4.12. The maximum atomic E-state index is 2.37. The summed E-state index contributed by atoms with van der Waals surface area (Å²) in [7, 11) is 0. The molecule has 2 atom stereocenters. The van der Waals surface area contributed by atoms with Crippen LogP contribution >= 0.6 is 0 Å². The van der Waals surface area contributed by atoms with E-state index in [-0.39, 0.29) is 0 Å². The third kappa shape index (κ3) is 0.910. The number of hydrogen-bond donors (Lipinski definition) is 0. The van der Waals surface area contributed by atoms with Crippen molar-refractivity contribution in [3.05, 3.63) is 12.2 Å². The molecule has 0 nitrogen and oxygen atoms in total. The Morgan fingerprint density at radius 2 is 1.44 bits per heavy atom. The van der Waals surface area contributed by atoms with Gasteiger partial charge in [-0.1, -0.05) is 18.6 Å². The highest BCUT2D eigenvalue weighted by atomic mass is 14.3. The number of hydrogen-bond acceptors (Lipinski definition) is 0. The Morgan fingerprint density at radius 3 is 2.00 bits per heavy atom. The molecule has 9 heavy (non-hydrogen) atoms. The van der Waals surface area contributed by atoms with Crippen molar-refractivity contribution in [2.24, 2.45) is 11.8 Å². The van der Waals surface area contributed by atoms with Crippen LogP contribution in [0, 0.1) is 11.8 Å². The first kappa shape index (κ1) is 5.52. The molecular weight excluding hydrogens is 108 g/mol. The van der Waals surface area contributed by atoms with Crippen molar-refractivity contribution in [2.75, 3.05) is 0 Å². The molecule has 0 saturated heterocycles. The largest absolute Gasteiger partial charge is 0.0882 e. The molecular formula is C9H14. The van der Waals surface area contributed by atoms with E-state index in [2.05, 4.69) is 12.2 Å². The molecule has 1 saturated carbocycles. The van der Waals surface area contributed by atoms with Crippen molar-refractivity contribution in [3.63, 3.8) is 0 Å². The maximum Gasteiger partial charge on any atom is -0.0319 e. The first-order valence-corrected chi connectivity index (χ1v) is 4.12. The summed E-state index contributed by atoms with van der Waals surface area (Å²) in [6, 6.07) is 0. The van der Waals surface area contributed by atoms with E-state index in [1.165, 1.54) is 32.1 Å². The van der Waals surface area contributed by atoms with Gasteiger partial charge < -0.3 is 0 Å². The lowest BCUT2D eigenvalue weighted by molar-refractivity contribution is 0.380. The Kier molecular flexibility index (Phi) is 1.33. The van der Waals surface area contributed by atoms with E-state index in [1.54, 1.807) is 0 Å². The van der Waals surface area contributed by atoms with Crippen LogP contribution in [0.15, 0.2) is 12.2 Å². The van der Waals surface area contributed by atoms with E-state index >= 15 is 0 Å². The molecule has 0 amide bonds. The SMILES string of the molecule is C1=CC[C@@H]2CCC[C@H]2C1. The molecule has 0 bridgehead atoms. The lowest BCUT2D eigenvalue weighted by atomic mass is 9.86. The van der Waals surface area contributed by atoms with Crippen molar-refractivity contribution in [3.8, 4) is 0 Å². The van der Waals surface area contributed by atoms with E-state index in [4.69, 9.17) is 0 Å². The van der Waals surface area contributed by atoms with E-state index in [9.17, 15) is 0 Å². The zero-order valence-electron chi connectivity index (χ0n) is 5.84. The molecule has 0 aliphatic heterocycles. The van der Waals surface area contributed by atoms with Gasteiger partial charge in [0.25, 0.3) is 0 Å². The van der Waals surface area contributed by atoms with Gasteiger partial charge in [0, 0.05) is 0 Å². The third-order valence-corrected chi connectivity index (χ3v) is 2.86. The van der Waals surface area contributed by atoms with E-state index in [0.717, 1.165) is 11.8 Å². The van der Waals surface area contributed by atoms with Crippen molar-refractivity contribution in [1.29, 1.82) is 0 Å². The minimum atomic E-state index is 1.08. The minimum absolute atomic E-state index is 1.08. The van der Waals surface area contributed by atoms with Crippen molar-refractivity contribution < 1.29 is 0 Å². The van der Waals surface area contributed by atoms with Crippen LogP contribution < -0.4 is 0 Å². The molecule has 2 rings (SSSR count). The van der Waals surface area contributed by atoms with Crippen molar-refractivity contribution in [1.82, 2.24) is 0 Å². The lowest BCUT2D eigenvalue weighted by Crippen LogP contribution is -2.08. The molecule has 1 fully saturated rings. The summed E-state index contributed by atoms with van der Waals surface area (Å²) in [4.78, 5) is 0. The fraction of sp³-hybridized carbons (Fsp3) is 0.778. The Morgan fingerprint density at radius 1 is 0.889 bits per heavy atom. The Bertz CT molecular complexity index is 110. The Balaban J connectivity index is 2.07. The summed E-state index contributed by atoms with van der Waals surface area (Å²) in [5, 5.41) is 0. The number of fused-ring (bicyclic) bond motifs is 1. The summed E-state index contributed by atoms with van der Waals surface area (Å²) in [5.41, 5.74) is 0. The van der Waals surface area contributed by atoms with Gasteiger partial charge in [0.05, 0.1) is 0 Å². The normalized spacial score (nSPS) is 40.9. The van der Waals surface area contributed by atoms with Crippen molar-refractivity contribution >= 4 is 0 Å². The second-order valence-electron chi connectivity index (χ2n) is 3.39. The van der Waals surface area contributed by atoms with Gasteiger partial charge in [0.2, 0.25) is 0 Å². The molecule has 0 spiro atoms. The van der Waals surface area contributed by atoms with Gasteiger partial charge in [-0.2, -0.15) is 0 Å². The smallest absolute Gasteiger partial charge is 0.0319 e. The fourth-order valence-corrected chi connectivity index (χ4v) is 2.28. The van der Waals surface area contributed by atoms with E-state index in [0.29, 0.717) is 0 Å². The van der Waals surface area contributed by atoms with Crippen molar-refractivity contribution in [2.45, 2.75) is 32.1 Å². The van der Waals surface area contributed by atoms with Crippen LogP contribution in [0.2, 0.25) is 0 Å². The van der Waals surface area contributed by atoms with Gasteiger partial charge in [-0.25, -0.2) is 0 Å². The Hall–Kier alpha value is -0.260. The van der Waals surface area contributed by atoms with Gasteiger partial charge in [0.15, 0.2) is 0 Å². The molecule has 0 heteroatoms. The summed E-state index contributed by atoms with van der Waals surface area (Å²) in [6.45, 7) is 0. The highest BCUT2D eigenvalue weighted by Gasteiger charge is 2.26. The lowest BCUT2D eigenvalue weighted by Gasteiger charge is -2.19. The molecule has 0 aromatic rings. The Labute approximate surface area is 57.0 Å². The zero-order valence-corrected chi connectivity index (χ0v) is 5.84. The maximum absolute atomic E-state index is 2.37. The molecule has 0 heterocycles. The standard InChI is InChI=1S/C9H14/c1-2-5-9-7-3-6-8(9)4-1/h1-2,8-9H,3-7H2/t8-,9-/m1/s1. The van der Waals surface area contributed by atoms with Crippen LogP contribution in [-0.4, -0.2) is 0 Å². The average Bonchev–Trinajstić information content (AvgIpc) is 2.33. The van der Waals surface area contributed by atoms with Crippen LogP contribution in [0.1, 0.15) is 32.1 Å². The third-order valence-electron chi connectivity index (χ3n) is 2.86. The second kappa shape index (κ2) is 2.17. The fourth-order valence-electron chi connectivity index (χ4n) is 2.28. The highest BCUT2D eigenvalue weighted by molar-refractivity contribution is 4.96. The van der Waals surface area contributed by atoms with Gasteiger partial charge in [-0.3, -0.25) is 0 Å². The number of allylic oxidation sites excluding steroid dienone is 2. The highest BCUT2D eigenvalue weighted by Crippen LogP contribution is 2.38. The monoisotopic (exact) mass is 122 g/mol. The molecule has 0 N–H and O–H groups in total. The van der Waals surface area contributed by atoms with Gasteiger partial charge in [-0.15, -0.1) is 0 Å². The molecule has 0 aromatic carbocycles. The molecule has 0 aromatic heterocycles. The van der Waals surface area contributed by atoms with E-state index < -0.39 is 0 Å². The molecule has 0 radical (unpaired) electrons. The molecule has 2 aliphatic carbocycles. The van der Waals surface area contributed by atoms with Crippen LogP contribution in [0.5, 0.6) is 0 Å². The minimum Gasteiger partial charge on any atom is -0.0882 e. The topological polar surface area (TPSA) is 0 Å². The summed E-state index contributed by atoms with van der Waals surface area (Å²) in [5.74, 6) is 2.16. The quantitative estimate of drug-likeness (QED) is 0.433. The van der Waals surface area contributed by atoms with Gasteiger partial charge in [0.1, 0.15) is 0 Å². The molecule has 0 unspecified atom stereocenters. The van der Waals surface area contributed by atoms with Crippen LogP contribution in [-0.2, 0) is 0 Å². The first-order chi connectivity index (χ1) is 4.47. The van der Waals surface area contributed by atoms with Gasteiger partial charge in [-0.05, 0) is 37.5 Å². The van der Waals surface area contributed by atoms with Crippen LogP contribution in [0.25, 0.3) is 0 Å². The van der Waals surface area contributed by atoms with Crippen LogP contribution in [0.4, 0.5) is 0 Å². The predicted molar refractivity (Wildman–Crippen MR) is 39.2 cm³/mol. The zero-order chi connectivity index (χ0) is 6.10.